The lowest BCUT2D eigenvalue weighted by Crippen LogP contribution is -2.20. The van der Waals surface area contributed by atoms with Gasteiger partial charge in [-0.25, -0.2) is 0 Å². The minimum atomic E-state index is 0. The minimum Gasteiger partial charge on any atom is -0.314 e. The molecule has 0 aromatic carbocycles. The summed E-state index contributed by atoms with van der Waals surface area (Å²) in [5, 5.41) is 3.42. The van der Waals surface area contributed by atoms with Crippen LogP contribution in [-0.2, 0) is 0 Å². The van der Waals surface area contributed by atoms with Gasteiger partial charge in [0.1, 0.15) is 0 Å². The van der Waals surface area contributed by atoms with Crippen LogP contribution in [0.1, 0.15) is 20.8 Å². The lowest BCUT2D eigenvalue weighted by molar-refractivity contribution is 0.436. The van der Waals surface area contributed by atoms with Crippen molar-refractivity contribution in [3.05, 3.63) is 0 Å². The van der Waals surface area contributed by atoms with Crippen LogP contribution in [0.4, 0.5) is 0 Å². The van der Waals surface area contributed by atoms with Crippen molar-refractivity contribution in [3.8, 4) is 0 Å². The molecule has 1 saturated heterocycles. The largest absolute Gasteiger partial charge is 0.314 e. The van der Waals surface area contributed by atoms with Gasteiger partial charge in [0, 0.05) is 6.04 Å². The zero-order chi connectivity index (χ0) is 6.15. The van der Waals surface area contributed by atoms with Gasteiger partial charge in [-0.15, -0.1) is 12.4 Å². The van der Waals surface area contributed by atoms with Gasteiger partial charge in [0.15, 0.2) is 0 Å². The van der Waals surface area contributed by atoms with Crippen LogP contribution >= 0.6 is 12.4 Å². The summed E-state index contributed by atoms with van der Waals surface area (Å²) in [4.78, 5) is 0. The first kappa shape index (κ1) is 9.25. The molecule has 0 spiro atoms. The zero-order valence-electron chi connectivity index (χ0n) is 6.35. The smallest absolute Gasteiger partial charge is 0.00674 e. The van der Waals surface area contributed by atoms with Gasteiger partial charge in [0.05, 0.1) is 0 Å². The zero-order valence-corrected chi connectivity index (χ0v) is 7.16. The molecule has 0 amide bonds. The fourth-order valence-electron chi connectivity index (χ4n) is 1.24. The molecule has 9 heavy (non-hydrogen) atoms. The molecule has 1 fully saturated rings. The van der Waals surface area contributed by atoms with Crippen molar-refractivity contribution < 1.29 is 0 Å². The van der Waals surface area contributed by atoms with E-state index in [9.17, 15) is 0 Å². The summed E-state index contributed by atoms with van der Waals surface area (Å²) in [6, 6.07) is 0.741. The third-order valence-electron chi connectivity index (χ3n) is 2.45. The van der Waals surface area contributed by atoms with Crippen molar-refractivity contribution >= 4 is 12.4 Å². The molecule has 2 heteroatoms. The summed E-state index contributed by atoms with van der Waals surface area (Å²) < 4.78 is 0. The molecule has 0 aromatic rings. The van der Waals surface area contributed by atoms with E-state index in [0.717, 1.165) is 17.9 Å². The number of rotatable bonds is 0. The predicted octanol–water partition coefficient (Wildman–Crippen LogP) is 1.67. The van der Waals surface area contributed by atoms with Gasteiger partial charge in [-0.1, -0.05) is 13.8 Å². The van der Waals surface area contributed by atoms with E-state index in [1.54, 1.807) is 0 Å². The fraction of sp³-hybridized carbons (Fsp3) is 1.00. The van der Waals surface area contributed by atoms with Gasteiger partial charge in [-0.05, 0) is 25.3 Å². The molecule has 3 atom stereocenters. The molecule has 1 heterocycles. The highest BCUT2D eigenvalue weighted by Gasteiger charge is 2.24. The van der Waals surface area contributed by atoms with Crippen LogP contribution < -0.4 is 5.32 Å². The monoisotopic (exact) mass is 149 g/mol. The van der Waals surface area contributed by atoms with Crippen LogP contribution in [0.5, 0.6) is 0 Å². The van der Waals surface area contributed by atoms with Crippen LogP contribution in [-0.4, -0.2) is 12.6 Å². The Balaban J connectivity index is 0.000000640. The Morgan fingerprint density at radius 1 is 1.22 bits per heavy atom. The molecular weight excluding hydrogens is 134 g/mol. The second kappa shape index (κ2) is 3.43. The van der Waals surface area contributed by atoms with Gasteiger partial charge in [0.25, 0.3) is 0 Å². The highest BCUT2D eigenvalue weighted by Crippen LogP contribution is 2.19. The molecule has 1 rings (SSSR count). The third kappa shape index (κ3) is 1.84. The molecule has 1 aliphatic heterocycles. The molecule has 0 bridgehead atoms. The molecular formula is C7H16ClN. The van der Waals surface area contributed by atoms with Crippen LogP contribution in [0.3, 0.4) is 0 Å². The molecule has 1 nitrogen and oxygen atoms in total. The number of nitrogens with one attached hydrogen (secondary N) is 1. The quantitative estimate of drug-likeness (QED) is 0.553. The van der Waals surface area contributed by atoms with Crippen LogP contribution in [0, 0.1) is 11.8 Å². The Kier molecular flexibility index (Phi) is 3.52. The van der Waals surface area contributed by atoms with Crippen LogP contribution in [0.15, 0.2) is 0 Å². The summed E-state index contributed by atoms with van der Waals surface area (Å²) in [7, 11) is 0. The van der Waals surface area contributed by atoms with E-state index in [1.165, 1.54) is 6.54 Å². The van der Waals surface area contributed by atoms with E-state index in [4.69, 9.17) is 0 Å². The average molecular weight is 150 g/mol. The summed E-state index contributed by atoms with van der Waals surface area (Å²) in [5.74, 6) is 1.75. The van der Waals surface area contributed by atoms with E-state index in [1.807, 2.05) is 0 Å². The highest BCUT2D eigenvalue weighted by atomic mass is 35.5. The lowest BCUT2D eigenvalue weighted by Gasteiger charge is -2.10. The number of hydrogen-bond donors (Lipinski definition) is 1. The summed E-state index contributed by atoms with van der Waals surface area (Å²) in [6.07, 6.45) is 0. The highest BCUT2D eigenvalue weighted by molar-refractivity contribution is 5.85. The van der Waals surface area contributed by atoms with Crippen LogP contribution in [0.25, 0.3) is 0 Å². The Morgan fingerprint density at radius 3 is 1.89 bits per heavy atom. The van der Waals surface area contributed by atoms with Crippen LogP contribution in [0.2, 0.25) is 0 Å². The minimum absolute atomic E-state index is 0. The number of hydrogen-bond acceptors (Lipinski definition) is 1. The summed E-state index contributed by atoms with van der Waals surface area (Å²) in [6.45, 7) is 8.09. The first-order valence-electron chi connectivity index (χ1n) is 3.45. The van der Waals surface area contributed by atoms with E-state index in [0.29, 0.717) is 0 Å². The van der Waals surface area contributed by atoms with E-state index in [-0.39, 0.29) is 12.4 Å². The summed E-state index contributed by atoms with van der Waals surface area (Å²) in [5.41, 5.74) is 0. The lowest BCUT2D eigenvalue weighted by atomic mass is 9.95. The predicted molar refractivity (Wildman–Crippen MR) is 43.0 cm³/mol. The topological polar surface area (TPSA) is 12.0 Å². The molecule has 1 aliphatic rings. The van der Waals surface area contributed by atoms with Gasteiger partial charge < -0.3 is 5.32 Å². The van der Waals surface area contributed by atoms with Crippen molar-refractivity contribution in [2.45, 2.75) is 26.8 Å². The Hall–Kier alpha value is 0.250. The maximum Gasteiger partial charge on any atom is 0.00674 e. The van der Waals surface area contributed by atoms with Crippen molar-refractivity contribution in [1.29, 1.82) is 0 Å². The second-order valence-electron chi connectivity index (χ2n) is 3.03. The summed E-state index contributed by atoms with van der Waals surface area (Å²) >= 11 is 0. The standard InChI is InChI=1S/C7H15N.ClH/c1-5-4-8-7(3)6(5)2;/h5-8H,4H2,1-3H3;1H. The molecule has 1 N–H and O–H groups in total. The number of halogens is 1. The average Bonchev–Trinajstić information content (AvgIpc) is 1.98. The Morgan fingerprint density at radius 2 is 1.78 bits per heavy atom. The van der Waals surface area contributed by atoms with Gasteiger partial charge in [-0.2, -0.15) is 0 Å². The van der Waals surface area contributed by atoms with Crippen molar-refractivity contribution in [3.63, 3.8) is 0 Å². The molecule has 0 aromatic heterocycles. The maximum absolute atomic E-state index is 3.42. The Labute approximate surface area is 63.6 Å². The van der Waals surface area contributed by atoms with Crippen molar-refractivity contribution in [1.82, 2.24) is 5.32 Å². The fourth-order valence-corrected chi connectivity index (χ4v) is 1.24. The Bertz CT molecular complexity index is 75.0. The normalized spacial score (nSPS) is 42.3. The van der Waals surface area contributed by atoms with E-state index < -0.39 is 0 Å². The SMILES string of the molecule is CC1CNC(C)C1C.Cl. The second-order valence-corrected chi connectivity index (χ2v) is 3.03. The van der Waals surface area contributed by atoms with Gasteiger partial charge in [0.2, 0.25) is 0 Å². The third-order valence-corrected chi connectivity index (χ3v) is 2.45. The van der Waals surface area contributed by atoms with E-state index in [2.05, 4.69) is 26.1 Å². The van der Waals surface area contributed by atoms with Crippen molar-refractivity contribution in [2.24, 2.45) is 11.8 Å². The first-order chi connectivity index (χ1) is 3.72. The first-order valence-corrected chi connectivity index (χ1v) is 3.45. The van der Waals surface area contributed by atoms with E-state index >= 15 is 0 Å². The van der Waals surface area contributed by atoms with Crippen molar-refractivity contribution in [2.75, 3.05) is 6.54 Å². The molecule has 0 aliphatic carbocycles. The van der Waals surface area contributed by atoms with Gasteiger partial charge in [-0.3, -0.25) is 0 Å². The molecule has 0 saturated carbocycles. The molecule has 3 unspecified atom stereocenters. The molecule has 56 valence electrons. The maximum atomic E-state index is 3.42. The molecule has 0 radical (unpaired) electrons. The van der Waals surface area contributed by atoms with Gasteiger partial charge >= 0.3 is 0 Å².